The molecule has 0 rings (SSSR count). The number of hydrogen-bond acceptors (Lipinski definition) is 8. The van der Waals surface area contributed by atoms with E-state index in [1.54, 1.807) is 13.8 Å². The summed E-state index contributed by atoms with van der Waals surface area (Å²) in [5.74, 6) is -5.19. The standard InChI is InChI=1S/C18H33N5O8/c1-4-8(2)14(18(30)31)23-16(28)11(7-24)22-15(27)10(5-6-12(19)26)21-17(29)13(20)9(3)25/h8-11,13-14,24-25H,4-7,20H2,1-3H3,(H2,19,26)(H,21,29)(H,22,27)(H,23,28)(H,30,31). The summed E-state index contributed by atoms with van der Waals surface area (Å²) in [7, 11) is 0. The minimum atomic E-state index is -1.52. The molecule has 4 amide bonds. The fourth-order valence-electron chi connectivity index (χ4n) is 2.45. The molecule has 0 spiro atoms. The Morgan fingerprint density at radius 3 is 1.87 bits per heavy atom. The lowest BCUT2D eigenvalue weighted by molar-refractivity contribution is -0.144. The summed E-state index contributed by atoms with van der Waals surface area (Å²) >= 11 is 0. The molecule has 0 aromatic rings. The first-order valence-electron chi connectivity index (χ1n) is 9.82. The number of aliphatic hydroxyl groups is 2. The van der Waals surface area contributed by atoms with Crippen molar-refractivity contribution in [2.24, 2.45) is 17.4 Å². The van der Waals surface area contributed by atoms with Crippen LogP contribution in [0.25, 0.3) is 0 Å². The van der Waals surface area contributed by atoms with E-state index in [1.165, 1.54) is 6.92 Å². The number of carbonyl (C=O) groups is 5. The van der Waals surface area contributed by atoms with Crippen LogP contribution in [0, 0.1) is 5.92 Å². The zero-order valence-electron chi connectivity index (χ0n) is 17.8. The van der Waals surface area contributed by atoms with Gasteiger partial charge in [0.15, 0.2) is 0 Å². The largest absolute Gasteiger partial charge is 0.480 e. The molecule has 178 valence electrons. The van der Waals surface area contributed by atoms with Crippen LogP contribution in [0.4, 0.5) is 0 Å². The van der Waals surface area contributed by atoms with Gasteiger partial charge in [0, 0.05) is 6.42 Å². The number of nitrogens with one attached hydrogen (secondary N) is 3. The monoisotopic (exact) mass is 447 g/mol. The van der Waals surface area contributed by atoms with Gasteiger partial charge in [-0.05, 0) is 19.3 Å². The second-order valence-corrected chi connectivity index (χ2v) is 7.29. The summed E-state index contributed by atoms with van der Waals surface area (Å²) in [6, 6.07) is -5.46. The van der Waals surface area contributed by atoms with Crippen molar-refractivity contribution in [3.05, 3.63) is 0 Å². The minimum absolute atomic E-state index is 0.232. The molecule has 0 aliphatic rings. The fourth-order valence-corrected chi connectivity index (χ4v) is 2.45. The summed E-state index contributed by atoms with van der Waals surface area (Å²) in [5.41, 5.74) is 10.6. The molecular formula is C18H33N5O8. The zero-order valence-corrected chi connectivity index (χ0v) is 17.8. The second kappa shape index (κ2) is 13.5. The molecule has 0 aromatic heterocycles. The Morgan fingerprint density at radius 2 is 1.45 bits per heavy atom. The highest BCUT2D eigenvalue weighted by molar-refractivity contribution is 5.94. The molecule has 6 unspecified atom stereocenters. The highest BCUT2D eigenvalue weighted by atomic mass is 16.4. The van der Waals surface area contributed by atoms with Crippen molar-refractivity contribution in [1.29, 1.82) is 0 Å². The Hall–Kier alpha value is -2.77. The van der Waals surface area contributed by atoms with Crippen LogP contribution in [-0.2, 0) is 24.0 Å². The van der Waals surface area contributed by atoms with Crippen molar-refractivity contribution in [2.75, 3.05) is 6.61 Å². The summed E-state index contributed by atoms with van der Waals surface area (Å²) in [4.78, 5) is 59.5. The lowest BCUT2D eigenvalue weighted by atomic mass is 9.99. The van der Waals surface area contributed by atoms with E-state index in [1.807, 2.05) is 0 Å². The first kappa shape index (κ1) is 28.2. The molecule has 0 saturated carbocycles. The molecule has 0 bridgehead atoms. The molecule has 0 fully saturated rings. The van der Waals surface area contributed by atoms with Crippen LogP contribution in [0.2, 0.25) is 0 Å². The van der Waals surface area contributed by atoms with E-state index in [2.05, 4.69) is 16.0 Å². The quantitative estimate of drug-likeness (QED) is 0.132. The third-order valence-electron chi connectivity index (χ3n) is 4.73. The van der Waals surface area contributed by atoms with Gasteiger partial charge in [0.1, 0.15) is 24.2 Å². The van der Waals surface area contributed by atoms with Gasteiger partial charge in [-0.15, -0.1) is 0 Å². The maximum atomic E-state index is 12.6. The number of hydrogen-bond donors (Lipinski definition) is 8. The zero-order chi connectivity index (χ0) is 24.3. The van der Waals surface area contributed by atoms with Crippen LogP contribution in [0.3, 0.4) is 0 Å². The molecule has 0 aromatic carbocycles. The smallest absolute Gasteiger partial charge is 0.326 e. The maximum Gasteiger partial charge on any atom is 0.326 e. The number of carboxylic acids is 1. The van der Waals surface area contributed by atoms with Gasteiger partial charge in [-0.1, -0.05) is 20.3 Å². The molecular weight excluding hydrogens is 414 g/mol. The maximum absolute atomic E-state index is 12.6. The predicted molar refractivity (Wildman–Crippen MR) is 108 cm³/mol. The topological polar surface area (TPSA) is 234 Å². The van der Waals surface area contributed by atoms with Crippen molar-refractivity contribution >= 4 is 29.6 Å². The molecule has 6 atom stereocenters. The minimum Gasteiger partial charge on any atom is -0.480 e. The van der Waals surface area contributed by atoms with E-state index in [0.717, 1.165) is 0 Å². The lowest BCUT2D eigenvalue weighted by Crippen LogP contribution is -2.59. The van der Waals surface area contributed by atoms with Gasteiger partial charge in [0.2, 0.25) is 23.6 Å². The van der Waals surface area contributed by atoms with E-state index in [0.29, 0.717) is 6.42 Å². The van der Waals surface area contributed by atoms with Crippen LogP contribution in [0.15, 0.2) is 0 Å². The molecule has 0 aliphatic heterocycles. The van der Waals surface area contributed by atoms with Gasteiger partial charge in [-0.2, -0.15) is 0 Å². The number of primary amides is 1. The molecule has 0 saturated heterocycles. The molecule has 0 heterocycles. The molecule has 13 nitrogen and oxygen atoms in total. The number of carbonyl (C=O) groups excluding carboxylic acids is 4. The Kier molecular flexibility index (Phi) is 12.3. The van der Waals surface area contributed by atoms with E-state index in [9.17, 15) is 39.3 Å². The summed E-state index contributed by atoms with van der Waals surface area (Å²) < 4.78 is 0. The van der Waals surface area contributed by atoms with Crippen LogP contribution in [0.1, 0.15) is 40.0 Å². The Morgan fingerprint density at radius 1 is 0.935 bits per heavy atom. The second-order valence-electron chi connectivity index (χ2n) is 7.29. The van der Waals surface area contributed by atoms with Crippen molar-refractivity contribution < 1.29 is 39.3 Å². The van der Waals surface area contributed by atoms with E-state index in [-0.39, 0.29) is 12.8 Å². The van der Waals surface area contributed by atoms with Crippen molar-refractivity contribution in [3.8, 4) is 0 Å². The van der Waals surface area contributed by atoms with E-state index in [4.69, 9.17) is 11.5 Å². The van der Waals surface area contributed by atoms with E-state index >= 15 is 0 Å². The average Bonchev–Trinajstić information content (AvgIpc) is 2.70. The normalized spacial score (nSPS) is 16.7. The Labute approximate surface area is 179 Å². The third kappa shape index (κ3) is 9.72. The molecule has 13 heteroatoms. The first-order valence-corrected chi connectivity index (χ1v) is 9.82. The summed E-state index contributed by atoms with van der Waals surface area (Å²) in [5, 5.41) is 34.9. The van der Waals surface area contributed by atoms with Crippen LogP contribution < -0.4 is 27.4 Å². The molecule has 0 radical (unpaired) electrons. The third-order valence-corrected chi connectivity index (χ3v) is 4.73. The van der Waals surface area contributed by atoms with Crippen molar-refractivity contribution in [1.82, 2.24) is 16.0 Å². The Balaban J connectivity index is 5.35. The van der Waals surface area contributed by atoms with Crippen LogP contribution >= 0.6 is 0 Å². The van der Waals surface area contributed by atoms with Gasteiger partial charge in [-0.25, -0.2) is 4.79 Å². The molecule has 0 aliphatic carbocycles. The Bertz CT molecular complexity index is 657. The first-order chi connectivity index (χ1) is 14.3. The van der Waals surface area contributed by atoms with Crippen LogP contribution in [-0.4, -0.2) is 81.8 Å². The lowest BCUT2D eigenvalue weighted by Gasteiger charge is -2.26. The number of aliphatic hydroxyl groups excluding tert-OH is 2. The predicted octanol–water partition coefficient (Wildman–Crippen LogP) is -3.46. The highest BCUT2D eigenvalue weighted by Crippen LogP contribution is 2.08. The summed E-state index contributed by atoms with van der Waals surface area (Å²) in [6.45, 7) is 3.77. The fraction of sp³-hybridized carbons (Fsp3) is 0.722. The number of nitrogens with two attached hydrogens (primary N) is 2. The highest BCUT2D eigenvalue weighted by Gasteiger charge is 2.32. The van der Waals surface area contributed by atoms with Crippen molar-refractivity contribution in [3.63, 3.8) is 0 Å². The van der Waals surface area contributed by atoms with Gasteiger partial charge < -0.3 is 42.7 Å². The number of carboxylic acid groups (broad SMARTS) is 1. The average molecular weight is 447 g/mol. The van der Waals surface area contributed by atoms with Gasteiger partial charge in [0.25, 0.3) is 0 Å². The number of aliphatic carboxylic acids is 1. The number of amides is 4. The SMILES string of the molecule is CCC(C)C(NC(=O)C(CO)NC(=O)C(CCC(N)=O)NC(=O)C(N)C(C)O)C(=O)O. The van der Waals surface area contributed by atoms with Crippen molar-refractivity contribution in [2.45, 2.75) is 70.3 Å². The van der Waals surface area contributed by atoms with Gasteiger partial charge in [-0.3, -0.25) is 19.2 Å². The van der Waals surface area contributed by atoms with E-state index < -0.39 is 72.4 Å². The molecule has 31 heavy (non-hydrogen) atoms. The van der Waals surface area contributed by atoms with Gasteiger partial charge in [0.05, 0.1) is 12.7 Å². The molecule has 10 N–H and O–H groups in total. The van der Waals surface area contributed by atoms with Gasteiger partial charge >= 0.3 is 5.97 Å². The number of rotatable bonds is 14. The summed E-state index contributed by atoms with van der Waals surface area (Å²) in [6.07, 6.45) is -1.28. The van der Waals surface area contributed by atoms with Crippen LogP contribution in [0.5, 0.6) is 0 Å².